The SMILES string of the molecule is CC(N)C(=O)NC(Cc1c[nH]c2ccccc12)C(=O)NC(CC(N)=O)C(=O)NC(CCCCN)C(=O)O. The van der Waals surface area contributed by atoms with Gasteiger partial charge in [0.15, 0.2) is 0 Å². The van der Waals surface area contributed by atoms with Crippen molar-refractivity contribution < 1.29 is 29.1 Å². The van der Waals surface area contributed by atoms with Crippen LogP contribution in [0.5, 0.6) is 0 Å². The number of carbonyl (C=O) groups is 5. The highest BCUT2D eigenvalue weighted by atomic mass is 16.4. The molecule has 0 bridgehead atoms. The number of nitrogens with one attached hydrogen (secondary N) is 4. The summed E-state index contributed by atoms with van der Waals surface area (Å²) in [7, 11) is 0. The molecule has 2 aromatic rings. The van der Waals surface area contributed by atoms with Gasteiger partial charge in [0.25, 0.3) is 0 Å². The van der Waals surface area contributed by atoms with Crippen molar-refractivity contribution in [2.45, 2.75) is 63.2 Å². The minimum Gasteiger partial charge on any atom is -0.480 e. The predicted molar refractivity (Wildman–Crippen MR) is 136 cm³/mol. The molecular weight excluding hydrogens is 482 g/mol. The van der Waals surface area contributed by atoms with Gasteiger partial charge in [-0.05, 0) is 44.4 Å². The first kappa shape index (κ1) is 29.3. The molecule has 4 unspecified atom stereocenters. The van der Waals surface area contributed by atoms with E-state index in [0.29, 0.717) is 19.4 Å². The van der Waals surface area contributed by atoms with Gasteiger partial charge in [0.05, 0.1) is 12.5 Å². The maximum absolute atomic E-state index is 13.3. The van der Waals surface area contributed by atoms with Crippen molar-refractivity contribution in [3.05, 3.63) is 36.0 Å². The number of rotatable bonds is 15. The van der Waals surface area contributed by atoms with Crippen molar-refractivity contribution in [1.29, 1.82) is 0 Å². The lowest BCUT2D eigenvalue weighted by molar-refractivity contribution is -0.142. The molecule has 1 heterocycles. The Balaban J connectivity index is 2.24. The lowest BCUT2D eigenvalue weighted by Crippen LogP contribution is -2.58. The highest BCUT2D eigenvalue weighted by molar-refractivity contribution is 5.96. The van der Waals surface area contributed by atoms with Crippen molar-refractivity contribution in [3.8, 4) is 0 Å². The Kier molecular flexibility index (Phi) is 11.0. The first-order valence-corrected chi connectivity index (χ1v) is 12.0. The summed E-state index contributed by atoms with van der Waals surface area (Å²) in [5, 5.41) is 17.6. The summed E-state index contributed by atoms with van der Waals surface area (Å²) in [6.07, 6.45) is 2.31. The topological polar surface area (TPSA) is 236 Å². The molecule has 4 amide bonds. The largest absolute Gasteiger partial charge is 0.480 e. The van der Waals surface area contributed by atoms with E-state index in [1.165, 1.54) is 6.92 Å². The zero-order chi connectivity index (χ0) is 27.5. The van der Waals surface area contributed by atoms with E-state index in [4.69, 9.17) is 17.2 Å². The number of H-pyrrole nitrogens is 1. The molecule has 2 rings (SSSR count). The zero-order valence-electron chi connectivity index (χ0n) is 20.7. The van der Waals surface area contributed by atoms with Crippen molar-refractivity contribution >= 4 is 40.5 Å². The molecule has 11 N–H and O–H groups in total. The number of carboxylic acid groups (broad SMARTS) is 1. The minimum absolute atomic E-state index is 0.0516. The second kappa shape index (κ2) is 13.9. The number of aromatic amines is 1. The van der Waals surface area contributed by atoms with Gasteiger partial charge < -0.3 is 43.2 Å². The summed E-state index contributed by atoms with van der Waals surface area (Å²) < 4.78 is 0. The third kappa shape index (κ3) is 8.88. The third-order valence-electron chi connectivity index (χ3n) is 5.75. The summed E-state index contributed by atoms with van der Waals surface area (Å²) in [5.74, 6) is -4.41. The van der Waals surface area contributed by atoms with Crippen LogP contribution in [0.1, 0.15) is 38.2 Å². The average molecular weight is 518 g/mol. The molecule has 0 spiro atoms. The molecule has 0 aliphatic carbocycles. The second-order valence-electron chi connectivity index (χ2n) is 8.83. The number of hydrogen-bond acceptors (Lipinski definition) is 7. The quantitative estimate of drug-likeness (QED) is 0.130. The van der Waals surface area contributed by atoms with Gasteiger partial charge in [0, 0.05) is 23.5 Å². The molecule has 1 aromatic heterocycles. The van der Waals surface area contributed by atoms with E-state index >= 15 is 0 Å². The second-order valence-corrected chi connectivity index (χ2v) is 8.83. The maximum atomic E-state index is 13.3. The molecule has 13 heteroatoms. The Hall–Kier alpha value is -3.97. The molecule has 0 aliphatic rings. The summed E-state index contributed by atoms with van der Waals surface area (Å²) in [5.41, 5.74) is 17.9. The zero-order valence-corrected chi connectivity index (χ0v) is 20.7. The van der Waals surface area contributed by atoms with E-state index < -0.39 is 60.2 Å². The van der Waals surface area contributed by atoms with Crippen molar-refractivity contribution in [3.63, 3.8) is 0 Å². The number of aromatic nitrogens is 1. The fourth-order valence-electron chi connectivity index (χ4n) is 3.74. The van der Waals surface area contributed by atoms with E-state index in [1.54, 1.807) is 6.20 Å². The standard InChI is InChI=1S/C24H35N7O6/c1-13(26)21(33)30-18(10-14-12-28-16-7-3-2-6-15(14)16)22(34)31-19(11-20(27)32)23(35)29-17(24(36)37)8-4-5-9-25/h2-3,6-7,12-13,17-19,28H,4-5,8-11,25-26H2,1H3,(H2,27,32)(H,29,35)(H,30,33)(H,31,34)(H,36,37). The van der Waals surface area contributed by atoms with Gasteiger partial charge >= 0.3 is 5.97 Å². The molecule has 0 aliphatic heterocycles. The molecule has 0 saturated heterocycles. The first-order valence-electron chi connectivity index (χ1n) is 12.0. The monoisotopic (exact) mass is 517 g/mol. The van der Waals surface area contributed by atoms with Crippen LogP contribution >= 0.6 is 0 Å². The van der Waals surface area contributed by atoms with Crippen LogP contribution in [0, 0.1) is 0 Å². The average Bonchev–Trinajstić information content (AvgIpc) is 3.24. The summed E-state index contributed by atoms with van der Waals surface area (Å²) >= 11 is 0. The Morgan fingerprint density at radius 3 is 2.19 bits per heavy atom. The molecule has 202 valence electrons. The Labute approximate surface area is 213 Å². The number of para-hydroxylation sites is 1. The van der Waals surface area contributed by atoms with Crippen LogP contribution in [0.4, 0.5) is 0 Å². The van der Waals surface area contributed by atoms with Crippen LogP contribution in [0.3, 0.4) is 0 Å². The van der Waals surface area contributed by atoms with Gasteiger partial charge in [-0.1, -0.05) is 18.2 Å². The minimum atomic E-state index is -1.46. The van der Waals surface area contributed by atoms with Gasteiger partial charge in [0.2, 0.25) is 23.6 Å². The van der Waals surface area contributed by atoms with Gasteiger partial charge in [-0.3, -0.25) is 19.2 Å². The molecule has 0 saturated carbocycles. The van der Waals surface area contributed by atoms with Gasteiger partial charge in [-0.2, -0.15) is 0 Å². The highest BCUT2D eigenvalue weighted by Crippen LogP contribution is 2.19. The van der Waals surface area contributed by atoms with E-state index in [2.05, 4.69) is 20.9 Å². The normalized spacial score (nSPS) is 14.2. The van der Waals surface area contributed by atoms with Gasteiger partial charge in [-0.15, -0.1) is 0 Å². The molecule has 0 fully saturated rings. The van der Waals surface area contributed by atoms with E-state index in [1.807, 2.05) is 24.3 Å². The lowest BCUT2D eigenvalue weighted by Gasteiger charge is -2.24. The van der Waals surface area contributed by atoms with Crippen LogP contribution in [0.2, 0.25) is 0 Å². The van der Waals surface area contributed by atoms with Crippen LogP contribution in [-0.4, -0.2) is 70.4 Å². The summed E-state index contributed by atoms with van der Waals surface area (Å²) in [6, 6.07) is 2.61. The number of aliphatic carboxylic acids is 1. The number of nitrogens with two attached hydrogens (primary N) is 3. The third-order valence-corrected chi connectivity index (χ3v) is 5.75. The maximum Gasteiger partial charge on any atom is 0.326 e. The van der Waals surface area contributed by atoms with Crippen LogP contribution < -0.4 is 33.2 Å². The van der Waals surface area contributed by atoms with Crippen molar-refractivity contribution in [1.82, 2.24) is 20.9 Å². The summed E-state index contributed by atoms with van der Waals surface area (Å²) in [6.45, 7) is 1.82. The number of unbranched alkanes of at least 4 members (excludes halogenated alkanes) is 1. The molecular formula is C24H35N7O6. The van der Waals surface area contributed by atoms with Crippen LogP contribution in [-0.2, 0) is 30.4 Å². The molecule has 1 aromatic carbocycles. The number of primary amides is 1. The van der Waals surface area contributed by atoms with Crippen molar-refractivity contribution in [2.24, 2.45) is 17.2 Å². The fourth-order valence-corrected chi connectivity index (χ4v) is 3.74. The number of carboxylic acids is 1. The van der Waals surface area contributed by atoms with E-state index in [9.17, 15) is 29.1 Å². The number of fused-ring (bicyclic) bond motifs is 1. The number of amides is 4. The fraction of sp³-hybridized carbons (Fsp3) is 0.458. The van der Waals surface area contributed by atoms with Gasteiger partial charge in [0.1, 0.15) is 18.1 Å². The summed E-state index contributed by atoms with van der Waals surface area (Å²) in [4.78, 5) is 64.8. The number of carbonyl (C=O) groups excluding carboxylic acids is 4. The predicted octanol–water partition coefficient (Wildman–Crippen LogP) is -1.40. The molecule has 37 heavy (non-hydrogen) atoms. The Morgan fingerprint density at radius 1 is 0.946 bits per heavy atom. The van der Waals surface area contributed by atoms with Crippen LogP contribution in [0.15, 0.2) is 30.5 Å². The smallest absolute Gasteiger partial charge is 0.326 e. The number of hydrogen-bond donors (Lipinski definition) is 8. The Bertz CT molecular complexity index is 1120. The Morgan fingerprint density at radius 2 is 1.57 bits per heavy atom. The van der Waals surface area contributed by atoms with E-state index in [-0.39, 0.29) is 12.8 Å². The molecule has 0 radical (unpaired) electrons. The molecule has 13 nitrogen and oxygen atoms in total. The first-order chi connectivity index (χ1) is 17.5. The van der Waals surface area contributed by atoms with E-state index in [0.717, 1.165) is 16.5 Å². The highest BCUT2D eigenvalue weighted by Gasteiger charge is 2.31. The lowest BCUT2D eigenvalue weighted by atomic mass is 10.0. The van der Waals surface area contributed by atoms with Gasteiger partial charge in [-0.25, -0.2) is 4.79 Å². The van der Waals surface area contributed by atoms with Crippen LogP contribution in [0.25, 0.3) is 10.9 Å². The molecule has 4 atom stereocenters. The van der Waals surface area contributed by atoms with Crippen molar-refractivity contribution in [2.75, 3.05) is 6.54 Å². The number of benzene rings is 1.